The highest BCUT2D eigenvalue weighted by Gasteiger charge is 2.53. The predicted octanol–water partition coefficient (Wildman–Crippen LogP) is 2.13. The van der Waals surface area contributed by atoms with Crippen molar-refractivity contribution in [1.29, 1.82) is 0 Å². The number of hydrogen-bond donors (Lipinski definition) is 0. The summed E-state index contributed by atoms with van der Waals surface area (Å²) in [4.78, 5) is 24.0. The molecule has 4 atom stereocenters. The van der Waals surface area contributed by atoms with Crippen LogP contribution in [0.4, 0.5) is 0 Å². The van der Waals surface area contributed by atoms with Crippen LogP contribution in [-0.2, 0) is 19.1 Å². The molecule has 0 radical (unpaired) electrons. The van der Waals surface area contributed by atoms with Crippen LogP contribution < -0.4 is 0 Å². The Hall–Kier alpha value is -0.420. The van der Waals surface area contributed by atoms with Crippen LogP contribution in [0.3, 0.4) is 0 Å². The average Bonchev–Trinajstić information content (AvgIpc) is 2.31. The summed E-state index contributed by atoms with van der Waals surface area (Å²) in [5.41, 5.74) is 0. The summed E-state index contributed by atoms with van der Waals surface area (Å²) in [5, 5.41) is -2.65. The number of ether oxygens (including phenoxy) is 2. The number of methoxy groups -OCH3 is 2. The van der Waals surface area contributed by atoms with Crippen molar-refractivity contribution in [2.45, 2.75) is 24.0 Å². The highest BCUT2D eigenvalue weighted by atomic mass is 35.5. The first-order valence-corrected chi connectivity index (χ1v) is 6.17. The molecule has 0 aromatic carbocycles. The molecule has 1 aliphatic carbocycles. The average molecular weight is 295 g/mol. The minimum atomic E-state index is -1.32. The fourth-order valence-corrected chi connectivity index (χ4v) is 2.52. The third-order valence-electron chi connectivity index (χ3n) is 3.27. The van der Waals surface area contributed by atoms with Crippen molar-refractivity contribution in [3.05, 3.63) is 12.2 Å². The van der Waals surface area contributed by atoms with E-state index in [1.54, 1.807) is 0 Å². The van der Waals surface area contributed by atoms with Gasteiger partial charge in [-0.05, 0) is 26.0 Å². The lowest BCUT2D eigenvalue weighted by atomic mass is 9.75. The maximum absolute atomic E-state index is 12.0. The van der Waals surface area contributed by atoms with Gasteiger partial charge in [0.2, 0.25) is 0 Å². The Morgan fingerprint density at radius 2 is 1.22 bits per heavy atom. The van der Waals surface area contributed by atoms with Crippen molar-refractivity contribution in [2.24, 2.45) is 11.8 Å². The van der Waals surface area contributed by atoms with Gasteiger partial charge < -0.3 is 9.47 Å². The highest BCUT2D eigenvalue weighted by molar-refractivity contribution is 6.28. The topological polar surface area (TPSA) is 52.6 Å². The van der Waals surface area contributed by atoms with E-state index in [0.717, 1.165) is 0 Å². The Kier molecular flexibility index (Phi) is 4.60. The maximum Gasteiger partial charge on any atom is 0.163 e. The van der Waals surface area contributed by atoms with E-state index >= 15 is 0 Å². The van der Waals surface area contributed by atoms with Crippen molar-refractivity contribution >= 4 is 34.8 Å². The molecule has 6 heteroatoms. The second-order valence-electron chi connectivity index (χ2n) is 4.47. The minimum Gasteiger partial charge on any atom is -0.362 e. The molecule has 4 nitrogen and oxygen atoms in total. The van der Waals surface area contributed by atoms with Gasteiger partial charge in [-0.3, -0.25) is 9.59 Å². The number of carbonyl (C=O) groups is 2. The van der Waals surface area contributed by atoms with E-state index in [9.17, 15) is 9.59 Å². The fourth-order valence-electron chi connectivity index (χ4n) is 2.06. The highest BCUT2D eigenvalue weighted by Crippen LogP contribution is 2.43. The van der Waals surface area contributed by atoms with Crippen LogP contribution in [0.2, 0.25) is 0 Å². The van der Waals surface area contributed by atoms with Gasteiger partial charge in [0.25, 0.3) is 0 Å². The molecule has 0 N–H and O–H groups in total. The van der Waals surface area contributed by atoms with Crippen molar-refractivity contribution in [3.63, 3.8) is 0 Å². The number of ketones is 2. The van der Waals surface area contributed by atoms with E-state index in [1.807, 2.05) is 0 Å². The summed E-state index contributed by atoms with van der Waals surface area (Å²) in [6.45, 7) is 3.05. The molecule has 102 valence electrons. The van der Waals surface area contributed by atoms with Crippen LogP contribution in [0.25, 0.3) is 0 Å². The first kappa shape index (κ1) is 15.6. The molecule has 0 bridgehead atoms. The zero-order valence-corrected chi connectivity index (χ0v) is 12.2. The normalized spacial score (nSPS) is 31.0. The van der Waals surface area contributed by atoms with Gasteiger partial charge in [0.15, 0.2) is 11.6 Å². The molecule has 0 amide bonds. The van der Waals surface area contributed by atoms with Gasteiger partial charge in [-0.2, -0.15) is 0 Å². The van der Waals surface area contributed by atoms with Crippen LogP contribution in [0, 0.1) is 11.8 Å². The smallest absolute Gasteiger partial charge is 0.163 e. The number of alkyl halides is 2. The molecule has 0 heterocycles. The lowest BCUT2D eigenvalue weighted by Gasteiger charge is -2.41. The minimum absolute atomic E-state index is 0.303. The summed E-state index contributed by atoms with van der Waals surface area (Å²) >= 11 is 12.3. The summed E-state index contributed by atoms with van der Waals surface area (Å²) in [5.74, 6) is -2.40. The van der Waals surface area contributed by atoms with Crippen LogP contribution in [0.15, 0.2) is 12.2 Å². The Morgan fingerprint density at radius 1 is 0.944 bits per heavy atom. The van der Waals surface area contributed by atoms with Crippen molar-refractivity contribution in [1.82, 2.24) is 0 Å². The third-order valence-corrected chi connectivity index (χ3v) is 4.05. The number of allylic oxidation sites excluding steroid dienone is 2. The molecule has 0 spiro atoms. The first-order valence-electron chi connectivity index (χ1n) is 5.41. The number of rotatable bonds is 4. The van der Waals surface area contributed by atoms with Crippen LogP contribution in [0.5, 0.6) is 0 Å². The molecule has 1 aliphatic rings. The van der Waals surface area contributed by atoms with E-state index in [4.69, 9.17) is 32.7 Å². The molecule has 0 aliphatic heterocycles. The first-order chi connectivity index (χ1) is 8.17. The molecule has 0 saturated carbocycles. The van der Waals surface area contributed by atoms with Gasteiger partial charge >= 0.3 is 0 Å². The quantitative estimate of drug-likeness (QED) is 0.746. The number of hydrogen-bond acceptors (Lipinski definition) is 4. The van der Waals surface area contributed by atoms with Gasteiger partial charge in [-0.25, -0.2) is 0 Å². The standard InChI is InChI=1S/C12H16Cl2O4/c1-11(13,17-3)9-7(15)5-6-8(16)10(9)12(2,14)18-4/h5-6,9-10H,1-4H3. The summed E-state index contributed by atoms with van der Waals surface area (Å²) in [6, 6.07) is 0. The largest absolute Gasteiger partial charge is 0.362 e. The van der Waals surface area contributed by atoms with Gasteiger partial charge in [-0.15, -0.1) is 0 Å². The van der Waals surface area contributed by atoms with Crippen LogP contribution in [-0.4, -0.2) is 35.9 Å². The zero-order chi connectivity index (χ0) is 14.1. The Balaban J connectivity index is 3.29. The van der Waals surface area contributed by atoms with Crippen LogP contribution in [0.1, 0.15) is 13.8 Å². The second kappa shape index (κ2) is 5.29. The van der Waals surface area contributed by atoms with E-state index in [-0.39, 0.29) is 11.6 Å². The van der Waals surface area contributed by atoms with Gasteiger partial charge in [-0.1, -0.05) is 23.2 Å². The van der Waals surface area contributed by atoms with E-state index in [0.29, 0.717) is 0 Å². The van der Waals surface area contributed by atoms with Gasteiger partial charge in [0.05, 0.1) is 11.8 Å². The summed E-state index contributed by atoms with van der Waals surface area (Å²) < 4.78 is 10.2. The lowest BCUT2D eigenvalue weighted by Crippen LogP contribution is -2.53. The predicted molar refractivity (Wildman–Crippen MR) is 68.7 cm³/mol. The van der Waals surface area contributed by atoms with Gasteiger partial charge in [0.1, 0.15) is 10.1 Å². The number of halogens is 2. The monoisotopic (exact) mass is 294 g/mol. The van der Waals surface area contributed by atoms with Crippen molar-refractivity contribution < 1.29 is 19.1 Å². The SMILES string of the molecule is COC(C)(Cl)C1C(=O)C=CC(=O)C1C(C)(Cl)OC. The molecule has 0 aromatic heterocycles. The maximum atomic E-state index is 12.0. The molecule has 0 fully saturated rings. The second-order valence-corrected chi connectivity index (χ2v) is 5.97. The van der Waals surface area contributed by atoms with E-state index in [2.05, 4.69) is 0 Å². The van der Waals surface area contributed by atoms with E-state index in [1.165, 1.54) is 40.2 Å². The van der Waals surface area contributed by atoms with Gasteiger partial charge in [0, 0.05) is 14.2 Å². The molecule has 0 saturated heterocycles. The number of carbonyl (C=O) groups excluding carboxylic acids is 2. The van der Waals surface area contributed by atoms with Crippen LogP contribution >= 0.6 is 23.2 Å². The summed E-state index contributed by atoms with van der Waals surface area (Å²) in [7, 11) is 2.75. The molecule has 0 aromatic rings. The molecular formula is C12H16Cl2O4. The zero-order valence-electron chi connectivity index (χ0n) is 10.7. The molecule has 1 rings (SSSR count). The van der Waals surface area contributed by atoms with E-state index < -0.39 is 22.0 Å². The molecule has 18 heavy (non-hydrogen) atoms. The third kappa shape index (κ3) is 2.77. The Labute approximate surface area is 116 Å². The van der Waals surface area contributed by atoms with Crippen molar-refractivity contribution in [3.8, 4) is 0 Å². The molecular weight excluding hydrogens is 279 g/mol. The summed E-state index contributed by atoms with van der Waals surface area (Å²) in [6.07, 6.45) is 2.40. The Morgan fingerprint density at radius 3 is 1.44 bits per heavy atom. The molecule has 4 unspecified atom stereocenters. The van der Waals surface area contributed by atoms with Crippen molar-refractivity contribution in [2.75, 3.05) is 14.2 Å². The Bertz CT molecular complexity index is 352. The lowest BCUT2D eigenvalue weighted by molar-refractivity contribution is -0.144. The fraction of sp³-hybridized carbons (Fsp3) is 0.667.